The van der Waals surface area contributed by atoms with Crippen LogP contribution in [0.4, 0.5) is 0 Å². The van der Waals surface area contributed by atoms with Crippen molar-refractivity contribution in [1.29, 1.82) is 0 Å². The van der Waals surface area contributed by atoms with E-state index in [1.807, 2.05) is 54.6 Å². The van der Waals surface area contributed by atoms with Crippen LogP contribution in [0.3, 0.4) is 0 Å². The summed E-state index contributed by atoms with van der Waals surface area (Å²) in [7, 11) is 0. The molecular weight excluding hydrogens is 999 g/mol. The van der Waals surface area contributed by atoms with Crippen LogP contribution in [0.2, 0.25) is 0 Å². The summed E-state index contributed by atoms with van der Waals surface area (Å²) in [6, 6.07) is 78.5. The first-order chi connectivity index (χ1) is 40.6. The number of nitrogens with zero attached hydrogens (tertiary/aromatic N) is 5. The SMILES string of the molecule is C=C/C(=C\C=C\c1ccccc1)c1cc(-c2nc(-c3ccccc3)nc(-c3ccccc3)n2)cc(C2=CC=C(c3ccccc3)C#CC2)c1-n1c2c(c3ccccc31)-c1oc3cc4c(cc3c1CC2)c1ccccc1n4-c1ccccc1. The fraction of sp³-hybridized carbons (Fsp3) is 0.0395. The van der Waals surface area contributed by atoms with E-state index in [0.717, 1.165) is 119 Å². The highest BCUT2D eigenvalue weighted by Gasteiger charge is 2.33. The number of furan rings is 1. The highest BCUT2D eigenvalue weighted by atomic mass is 16.3. The minimum absolute atomic E-state index is 0.494. The first kappa shape index (κ1) is 48.3. The molecule has 6 nitrogen and oxygen atoms in total. The van der Waals surface area contributed by atoms with E-state index in [2.05, 4.69) is 234 Å². The summed E-state index contributed by atoms with van der Waals surface area (Å²) in [5, 5.41) is 4.69. The van der Waals surface area contributed by atoms with E-state index < -0.39 is 0 Å². The quantitative estimate of drug-likeness (QED) is 0.0957. The molecule has 4 aromatic heterocycles. The van der Waals surface area contributed by atoms with Crippen LogP contribution in [0.1, 0.15) is 39.9 Å². The average Bonchev–Trinajstić information content (AvgIpc) is 4.22. The largest absolute Gasteiger partial charge is 0.456 e. The van der Waals surface area contributed by atoms with Crippen LogP contribution in [-0.4, -0.2) is 24.1 Å². The monoisotopic (exact) mass is 1050 g/mol. The molecule has 0 spiro atoms. The molecule has 6 heteroatoms. The maximum atomic E-state index is 7.33. The van der Waals surface area contributed by atoms with Gasteiger partial charge in [0.2, 0.25) is 0 Å². The number of aryl methyl sites for hydroxylation is 1. The van der Waals surface area contributed by atoms with Gasteiger partial charge in [0.05, 0.1) is 22.2 Å². The van der Waals surface area contributed by atoms with Crippen molar-refractivity contribution in [3.05, 3.63) is 295 Å². The summed E-state index contributed by atoms with van der Waals surface area (Å²) in [5.74, 6) is 9.81. The van der Waals surface area contributed by atoms with Gasteiger partial charge in [-0.15, -0.1) is 0 Å². The van der Waals surface area contributed by atoms with E-state index in [4.69, 9.17) is 19.4 Å². The van der Waals surface area contributed by atoms with Gasteiger partial charge in [-0.1, -0.05) is 225 Å². The Morgan fingerprint density at radius 1 is 0.524 bits per heavy atom. The van der Waals surface area contributed by atoms with Gasteiger partial charge in [0.15, 0.2) is 17.5 Å². The Balaban J connectivity index is 1.01. The van der Waals surface area contributed by atoms with Crippen molar-refractivity contribution in [1.82, 2.24) is 24.1 Å². The van der Waals surface area contributed by atoms with Gasteiger partial charge < -0.3 is 13.6 Å². The highest BCUT2D eigenvalue weighted by Crippen LogP contribution is 2.50. The molecule has 9 aromatic carbocycles. The van der Waals surface area contributed by atoms with Gasteiger partial charge in [-0.05, 0) is 83.7 Å². The van der Waals surface area contributed by atoms with Gasteiger partial charge in [0, 0.05) is 89.9 Å². The van der Waals surface area contributed by atoms with Crippen LogP contribution in [0.25, 0.3) is 123 Å². The lowest BCUT2D eigenvalue weighted by atomic mass is 9.89. The maximum absolute atomic E-state index is 7.33. The number of hydrogen-bond donors (Lipinski definition) is 0. The number of hydrogen-bond acceptors (Lipinski definition) is 4. The van der Waals surface area contributed by atoms with Crippen LogP contribution in [0.15, 0.2) is 266 Å². The summed E-state index contributed by atoms with van der Waals surface area (Å²) in [5.41, 5.74) is 19.6. The van der Waals surface area contributed by atoms with Crippen LogP contribution < -0.4 is 0 Å². The van der Waals surface area contributed by atoms with Crippen molar-refractivity contribution in [2.45, 2.75) is 19.3 Å². The molecule has 0 radical (unpaired) electrons. The number of fused-ring (bicyclic) bond motifs is 10. The lowest BCUT2D eigenvalue weighted by Gasteiger charge is -2.24. The summed E-state index contributed by atoms with van der Waals surface area (Å²) in [6.07, 6.45) is 14.9. The minimum Gasteiger partial charge on any atom is -0.456 e. The summed E-state index contributed by atoms with van der Waals surface area (Å²) in [4.78, 5) is 15.8. The second-order valence-corrected chi connectivity index (χ2v) is 20.8. The third kappa shape index (κ3) is 8.43. The molecule has 0 saturated carbocycles. The molecule has 0 atom stereocenters. The van der Waals surface area contributed by atoms with Crippen LogP contribution in [0.5, 0.6) is 0 Å². The fourth-order valence-corrected chi connectivity index (χ4v) is 12.2. The van der Waals surface area contributed by atoms with E-state index in [-0.39, 0.29) is 0 Å². The smallest absolute Gasteiger partial charge is 0.164 e. The number of benzene rings is 9. The van der Waals surface area contributed by atoms with E-state index in [1.54, 1.807) is 0 Å². The zero-order valence-corrected chi connectivity index (χ0v) is 44.8. The van der Waals surface area contributed by atoms with Crippen molar-refractivity contribution in [3.63, 3.8) is 0 Å². The zero-order chi connectivity index (χ0) is 54.5. The Kier molecular flexibility index (Phi) is 12.0. The van der Waals surface area contributed by atoms with Gasteiger partial charge in [-0.3, -0.25) is 0 Å². The third-order valence-electron chi connectivity index (χ3n) is 16.0. The molecule has 0 unspecified atom stereocenters. The Morgan fingerprint density at radius 2 is 1.12 bits per heavy atom. The summed E-state index contributed by atoms with van der Waals surface area (Å²) >= 11 is 0. The Hall–Kier alpha value is -10.9. The lowest BCUT2D eigenvalue weighted by molar-refractivity contribution is 0.620. The van der Waals surface area contributed by atoms with Crippen molar-refractivity contribution in [3.8, 4) is 68.7 Å². The summed E-state index contributed by atoms with van der Waals surface area (Å²) in [6.45, 7) is 4.55. The topological polar surface area (TPSA) is 61.7 Å². The van der Waals surface area contributed by atoms with Gasteiger partial charge in [-0.2, -0.15) is 0 Å². The van der Waals surface area contributed by atoms with E-state index in [9.17, 15) is 0 Å². The number of rotatable bonds is 11. The molecule has 15 rings (SSSR count). The van der Waals surface area contributed by atoms with Gasteiger partial charge in [0.25, 0.3) is 0 Å². The predicted molar refractivity (Wildman–Crippen MR) is 338 cm³/mol. The molecule has 0 bridgehead atoms. The maximum Gasteiger partial charge on any atom is 0.164 e. The Morgan fingerprint density at radius 3 is 1.80 bits per heavy atom. The van der Waals surface area contributed by atoms with Crippen LogP contribution >= 0.6 is 0 Å². The molecule has 4 heterocycles. The van der Waals surface area contributed by atoms with Crippen LogP contribution in [0, 0.1) is 11.8 Å². The van der Waals surface area contributed by atoms with Crippen LogP contribution in [-0.2, 0) is 12.8 Å². The van der Waals surface area contributed by atoms with Crippen molar-refractivity contribution in [2.24, 2.45) is 0 Å². The molecule has 0 N–H and O–H groups in total. The molecule has 82 heavy (non-hydrogen) atoms. The second-order valence-electron chi connectivity index (χ2n) is 20.8. The number of allylic oxidation sites excluding steroid dienone is 8. The Labute approximate surface area is 475 Å². The fourth-order valence-electron chi connectivity index (χ4n) is 12.2. The minimum atomic E-state index is 0.494. The normalized spacial score (nSPS) is 13.2. The average molecular weight is 1050 g/mol. The lowest BCUT2D eigenvalue weighted by Crippen LogP contribution is -2.11. The first-order valence-electron chi connectivity index (χ1n) is 27.9. The van der Waals surface area contributed by atoms with Crippen molar-refractivity contribution >= 4 is 66.5 Å². The van der Waals surface area contributed by atoms with Gasteiger partial charge in [0.1, 0.15) is 11.3 Å². The van der Waals surface area contributed by atoms with Gasteiger partial charge in [-0.25, -0.2) is 15.0 Å². The molecule has 386 valence electrons. The molecule has 0 aliphatic heterocycles. The summed E-state index contributed by atoms with van der Waals surface area (Å²) < 4.78 is 12.2. The molecule has 0 amide bonds. The number of aromatic nitrogens is 5. The van der Waals surface area contributed by atoms with E-state index in [0.29, 0.717) is 23.9 Å². The first-order valence-corrected chi connectivity index (χ1v) is 27.9. The standard InChI is InChI=1S/C76H51N5O/c1-2-51(33-22-26-50-24-8-3-9-25-50)62-46-57(76-78-74(55-29-12-5-13-30-55)77-75(79-76)56-31-14-6-15-32-56)47-63(54-35-23-34-53(42-43-54)52-27-10-4-11-28-52)72(62)81-67-41-21-19-39-61(67)71-68(81)45-44-60-65-48-64-59-38-18-20-40-66(59)80(58-36-16-7-17-37-58)69(64)49-70(65)82-73(60)71/h2-22,24-33,36-43,46-49H,1,35,44-45H2/b26-22+,51-33+. The third-order valence-corrected chi connectivity index (χ3v) is 16.0. The predicted octanol–water partition coefficient (Wildman–Crippen LogP) is 18.6. The molecule has 0 fully saturated rings. The second kappa shape index (κ2) is 20.4. The Bertz CT molecular complexity index is 4810. The van der Waals surface area contributed by atoms with Crippen molar-refractivity contribution in [2.75, 3.05) is 0 Å². The van der Waals surface area contributed by atoms with E-state index >= 15 is 0 Å². The zero-order valence-electron chi connectivity index (χ0n) is 44.8. The molecule has 13 aromatic rings. The number of para-hydroxylation sites is 3. The molecule has 2 aliphatic carbocycles. The van der Waals surface area contributed by atoms with Gasteiger partial charge >= 0.3 is 0 Å². The molecule has 0 saturated heterocycles. The van der Waals surface area contributed by atoms with E-state index in [1.165, 1.54) is 27.5 Å². The molecule has 2 aliphatic rings. The molecular formula is C76H51N5O. The van der Waals surface area contributed by atoms with Crippen molar-refractivity contribution < 1.29 is 4.42 Å². The highest BCUT2D eigenvalue weighted by molar-refractivity contribution is 6.15.